The molecule has 0 saturated carbocycles. The van der Waals surface area contributed by atoms with E-state index in [1.807, 2.05) is 50.2 Å². The maximum absolute atomic E-state index is 12.4. The molecule has 0 spiro atoms. The molecule has 1 aliphatic heterocycles. The number of amides is 2. The second-order valence-electron chi connectivity index (χ2n) is 7.56. The van der Waals surface area contributed by atoms with Crippen molar-refractivity contribution in [2.24, 2.45) is 0 Å². The summed E-state index contributed by atoms with van der Waals surface area (Å²) in [4.78, 5) is 24.8. The first-order valence-electron chi connectivity index (χ1n) is 9.82. The van der Waals surface area contributed by atoms with Crippen LogP contribution in [0.5, 0.6) is 5.75 Å². The summed E-state index contributed by atoms with van der Waals surface area (Å²) in [5.41, 5.74) is 3.65. The Morgan fingerprint density at radius 2 is 1.69 bits per heavy atom. The lowest BCUT2D eigenvalue weighted by molar-refractivity contribution is -0.136. The third-order valence-corrected chi connectivity index (χ3v) is 5.71. The molecule has 0 unspecified atom stereocenters. The second-order valence-corrected chi connectivity index (χ2v) is 7.56. The van der Waals surface area contributed by atoms with Gasteiger partial charge in [0.2, 0.25) is 0 Å². The Morgan fingerprint density at radius 1 is 1.00 bits per heavy atom. The molecule has 3 rings (SSSR count). The van der Waals surface area contributed by atoms with Crippen molar-refractivity contribution in [2.75, 3.05) is 32.2 Å². The van der Waals surface area contributed by atoms with E-state index in [2.05, 4.69) is 10.6 Å². The summed E-state index contributed by atoms with van der Waals surface area (Å²) >= 11 is 0. The molecule has 6 heteroatoms. The SMILES string of the molecule is COc1ccc(C2(CNC(=O)C(=O)Nc3ccc(C)c(C)c3)CCOCC2)cc1. The van der Waals surface area contributed by atoms with E-state index in [4.69, 9.17) is 9.47 Å². The topological polar surface area (TPSA) is 76.7 Å². The highest BCUT2D eigenvalue weighted by atomic mass is 16.5. The number of nitrogens with one attached hydrogen (secondary N) is 2. The van der Waals surface area contributed by atoms with Crippen LogP contribution >= 0.6 is 0 Å². The molecule has 0 bridgehead atoms. The first-order chi connectivity index (χ1) is 13.9. The monoisotopic (exact) mass is 396 g/mol. The highest BCUT2D eigenvalue weighted by molar-refractivity contribution is 6.39. The fourth-order valence-electron chi connectivity index (χ4n) is 3.61. The van der Waals surface area contributed by atoms with E-state index >= 15 is 0 Å². The highest BCUT2D eigenvalue weighted by Crippen LogP contribution is 2.35. The average molecular weight is 396 g/mol. The van der Waals surface area contributed by atoms with Gasteiger partial charge in [-0.15, -0.1) is 0 Å². The summed E-state index contributed by atoms with van der Waals surface area (Å²) in [7, 11) is 1.63. The average Bonchev–Trinajstić information content (AvgIpc) is 2.75. The van der Waals surface area contributed by atoms with Crippen LogP contribution in [0.3, 0.4) is 0 Å². The van der Waals surface area contributed by atoms with Gasteiger partial charge in [0.15, 0.2) is 0 Å². The van der Waals surface area contributed by atoms with E-state index < -0.39 is 11.8 Å². The van der Waals surface area contributed by atoms with Crippen LogP contribution in [0, 0.1) is 13.8 Å². The van der Waals surface area contributed by atoms with Crippen LogP contribution in [0.2, 0.25) is 0 Å². The molecule has 6 nitrogen and oxygen atoms in total. The Kier molecular flexibility index (Phi) is 6.54. The second kappa shape index (κ2) is 9.09. The largest absolute Gasteiger partial charge is 0.497 e. The third kappa shape index (κ3) is 4.95. The van der Waals surface area contributed by atoms with Crippen LogP contribution in [-0.4, -0.2) is 38.7 Å². The molecule has 2 aromatic carbocycles. The molecule has 29 heavy (non-hydrogen) atoms. The molecule has 0 atom stereocenters. The van der Waals surface area contributed by atoms with Gasteiger partial charge in [0.25, 0.3) is 0 Å². The van der Waals surface area contributed by atoms with Gasteiger partial charge >= 0.3 is 11.8 Å². The van der Waals surface area contributed by atoms with Crippen molar-refractivity contribution in [3.8, 4) is 5.75 Å². The number of aryl methyl sites for hydroxylation is 2. The summed E-state index contributed by atoms with van der Waals surface area (Å²) in [6, 6.07) is 13.4. The first-order valence-corrected chi connectivity index (χ1v) is 9.82. The van der Waals surface area contributed by atoms with Crippen molar-refractivity contribution >= 4 is 17.5 Å². The van der Waals surface area contributed by atoms with Gasteiger partial charge in [-0.25, -0.2) is 0 Å². The molecule has 1 aliphatic rings. The van der Waals surface area contributed by atoms with Crippen molar-refractivity contribution in [1.29, 1.82) is 0 Å². The molecule has 2 amide bonds. The minimum absolute atomic E-state index is 0.263. The van der Waals surface area contributed by atoms with E-state index in [-0.39, 0.29) is 5.41 Å². The number of anilines is 1. The molecule has 1 saturated heterocycles. The fraction of sp³-hybridized carbons (Fsp3) is 0.391. The molecular formula is C23H28N2O4. The Bertz CT molecular complexity index is 871. The number of hydrogen-bond acceptors (Lipinski definition) is 4. The molecule has 0 aliphatic carbocycles. The third-order valence-electron chi connectivity index (χ3n) is 5.71. The standard InChI is InChI=1S/C23H28N2O4/c1-16-4-7-19(14-17(16)2)25-22(27)21(26)24-15-23(10-12-29-13-11-23)18-5-8-20(28-3)9-6-18/h4-9,14H,10-13,15H2,1-3H3,(H,24,26)(H,25,27). The molecule has 0 radical (unpaired) electrons. The summed E-state index contributed by atoms with van der Waals surface area (Å²) < 4.78 is 10.8. The van der Waals surface area contributed by atoms with E-state index in [1.165, 1.54) is 0 Å². The van der Waals surface area contributed by atoms with Crippen molar-refractivity contribution < 1.29 is 19.1 Å². The van der Waals surface area contributed by atoms with Crippen LogP contribution < -0.4 is 15.4 Å². The summed E-state index contributed by atoms with van der Waals surface area (Å²) in [6.07, 6.45) is 1.55. The Balaban J connectivity index is 1.67. The number of rotatable bonds is 5. The maximum atomic E-state index is 12.4. The van der Waals surface area contributed by atoms with Gasteiger partial charge in [-0.1, -0.05) is 18.2 Å². The Morgan fingerprint density at radius 3 is 2.31 bits per heavy atom. The number of carbonyl (C=O) groups is 2. The van der Waals surface area contributed by atoms with Crippen molar-refractivity contribution in [3.63, 3.8) is 0 Å². The van der Waals surface area contributed by atoms with Crippen LogP contribution in [0.25, 0.3) is 0 Å². The summed E-state index contributed by atoms with van der Waals surface area (Å²) in [5.74, 6) is -0.513. The van der Waals surface area contributed by atoms with Crippen LogP contribution in [0.1, 0.15) is 29.5 Å². The highest BCUT2D eigenvalue weighted by Gasteiger charge is 2.35. The van der Waals surface area contributed by atoms with E-state index in [9.17, 15) is 9.59 Å². The number of methoxy groups -OCH3 is 1. The van der Waals surface area contributed by atoms with Crippen molar-refractivity contribution in [1.82, 2.24) is 5.32 Å². The van der Waals surface area contributed by atoms with Gasteiger partial charge in [0, 0.05) is 30.9 Å². The molecule has 0 aromatic heterocycles. The summed E-state index contributed by atoms with van der Waals surface area (Å²) in [6.45, 7) is 5.59. The minimum atomic E-state index is -0.662. The van der Waals surface area contributed by atoms with Gasteiger partial charge < -0.3 is 20.1 Å². The van der Waals surface area contributed by atoms with Crippen molar-refractivity contribution in [2.45, 2.75) is 32.1 Å². The molecular weight excluding hydrogens is 368 g/mol. The predicted molar refractivity (Wildman–Crippen MR) is 112 cm³/mol. The quantitative estimate of drug-likeness (QED) is 0.762. The first kappa shape index (κ1) is 20.9. The molecule has 2 N–H and O–H groups in total. The fourth-order valence-corrected chi connectivity index (χ4v) is 3.61. The zero-order valence-corrected chi connectivity index (χ0v) is 17.2. The van der Waals surface area contributed by atoms with Crippen LogP contribution in [0.15, 0.2) is 42.5 Å². The lowest BCUT2D eigenvalue weighted by Crippen LogP contribution is -2.47. The minimum Gasteiger partial charge on any atom is -0.497 e. The number of carbonyl (C=O) groups excluding carboxylic acids is 2. The Hall–Kier alpha value is -2.86. The number of benzene rings is 2. The Labute approximate surface area is 171 Å². The predicted octanol–water partition coefficient (Wildman–Crippen LogP) is 3.12. The lowest BCUT2D eigenvalue weighted by Gasteiger charge is -2.38. The normalized spacial score (nSPS) is 15.4. The molecule has 2 aromatic rings. The van der Waals surface area contributed by atoms with E-state index in [1.54, 1.807) is 13.2 Å². The smallest absolute Gasteiger partial charge is 0.313 e. The van der Waals surface area contributed by atoms with Crippen molar-refractivity contribution in [3.05, 3.63) is 59.2 Å². The number of hydrogen-bond donors (Lipinski definition) is 2. The summed E-state index contributed by atoms with van der Waals surface area (Å²) in [5, 5.41) is 5.50. The lowest BCUT2D eigenvalue weighted by atomic mass is 9.74. The zero-order valence-electron chi connectivity index (χ0n) is 17.2. The molecule has 154 valence electrons. The molecule has 1 fully saturated rings. The van der Waals surface area contributed by atoms with Gasteiger partial charge in [-0.05, 0) is 67.6 Å². The van der Waals surface area contributed by atoms with Crippen LogP contribution in [-0.2, 0) is 19.7 Å². The van der Waals surface area contributed by atoms with Crippen LogP contribution in [0.4, 0.5) is 5.69 Å². The van der Waals surface area contributed by atoms with Gasteiger partial charge in [-0.3, -0.25) is 9.59 Å². The van der Waals surface area contributed by atoms with E-state index in [0.29, 0.717) is 25.4 Å². The maximum Gasteiger partial charge on any atom is 0.313 e. The molecule has 1 heterocycles. The van der Waals surface area contributed by atoms with Gasteiger partial charge in [0.05, 0.1) is 7.11 Å². The van der Waals surface area contributed by atoms with Gasteiger partial charge in [0.1, 0.15) is 5.75 Å². The van der Waals surface area contributed by atoms with Gasteiger partial charge in [-0.2, -0.15) is 0 Å². The van der Waals surface area contributed by atoms with E-state index in [0.717, 1.165) is 35.3 Å². The number of ether oxygens (including phenoxy) is 2. The zero-order chi connectivity index (χ0) is 20.9.